The first-order chi connectivity index (χ1) is 13.2. The normalized spacial score (nSPS) is 14.8. The topological polar surface area (TPSA) is 93.0 Å². The Morgan fingerprint density at radius 1 is 1.04 bits per heavy atom. The molecule has 0 aliphatic carbocycles. The van der Waals surface area contributed by atoms with E-state index in [0.717, 1.165) is 18.0 Å². The number of piperazine rings is 1. The van der Waals surface area contributed by atoms with E-state index in [1.54, 1.807) is 6.07 Å². The van der Waals surface area contributed by atoms with Crippen molar-refractivity contribution >= 4 is 26.9 Å². The zero-order valence-electron chi connectivity index (χ0n) is 15.5. The number of non-ortho nitro benzene ring substituents is 1. The molecular weight excluding hydrogens is 389 g/mol. The zero-order valence-corrected chi connectivity index (χ0v) is 16.3. The van der Waals surface area contributed by atoms with Gasteiger partial charge in [-0.05, 0) is 18.2 Å². The lowest BCUT2D eigenvalue weighted by atomic mass is 10.2. The van der Waals surface area contributed by atoms with Gasteiger partial charge in [-0.1, -0.05) is 0 Å². The summed E-state index contributed by atoms with van der Waals surface area (Å²) in [6.07, 6.45) is 1.04. The van der Waals surface area contributed by atoms with Crippen molar-refractivity contribution in [1.82, 2.24) is 0 Å². The molecule has 0 bridgehead atoms. The van der Waals surface area contributed by atoms with Crippen LogP contribution < -0.4 is 14.5 Å². The molecule has 1 fully saturated rings. The van der Waals surface area contributed by atoms with Gasteiger partial charge >= 0.3 is 0 Å². The van der Waals surface area contributed by atoms with Crippen molar-refractivity contribution in [2.75, 3.05) is 49.3 Å². The van der Waals surface area contributed by atoms with E-state index in [9.17, 15) is 22.9 Å². The van der Waals surface area contributed by atoms with Gasteiger partial charge in [0, 0.05) is 50.6 Å². The molecule has 3 rings (SSSR count). The molecule has 10 heteroatoms. The number of hydrogen-bond acceptors (Lipinski definition) is 7. The molecular formula is C18H20FN3O5S. The van der Waals surface area contributed by atoms with Crippen LogP contribution >= 0.6 is 0 Å². The molecule has 0 spiro atoms. The van der Waals surface area contributed by atoms with Crippen molar-refractivity contribution in [3.8, 4) is 5.75 Å². The van der Waals surface area contributed by atoms with Crippen molar-refractivity contribution in [3.63, 3.8) is 0 Å². The van der Waals surface area contributed by atoms with Crippen molar-refractivity contribution in [3.05, 3.63) is 52.3 Å². The van der Waals surface area contributed by atoms with Crippen LogP contribution in [0.15, 0.2) is 41.3 Å². The molecule has 0 saturated carbocycles. The molecule has 2 aromatic rings. The number of nitro groups is 1. The minimum atomic E-state index is -3.64. The maximum Gasteiger partial charge on any atom is 0.270 e. The first-order valence-electron chi connectivity index (χ1n) is 8.52. The fraction of sp³-hybridized carbons (Fsp3) is 0.333. The molecule has 0 atom stereocenters. The standard InChI is InChI=1S/C18H20FN3O5S/c1-27-17-11-13(19)3-5-15(17)20-7-9-21(10-8-20)16-6-4-14(22(23)24)12-18(16)28(2,25)26/h3-6,11-12H,7-10H2,1-2H3. The summed E-state index contributed by atoms with van der Waals surface area (Å²) < 4.78 is 43.0. The maximum absolute atomic E-state index is 13.4. The molecule has 8 nitrogen and oxygen atoms in total. The van der Waals surface area contributed by atoms with Gasteiger partial charge in [0.2, 0.25) is 0 Å². The fourth-order valence-electron chi connectivity index (χ4n) is 3.28. The second kappa shape index (κ2) is 7.63. The molecule has 0 unspecified atom stereocenters. The first-order valence-corrected chi connectivity index (χ1v) is 10.4. The van der Waals surface area contributed by atoms with Crippen LogP contribution in [0.1, 0.15) is 0 Å². The number of rotatable bonds is 5. The number of halogens is 1. The van der Waals surface area contributed by atoms with Crippen LogP contribution in [0.2, 0.25) is 0 Å². The van der Waals surface area contributed by atoms with Crippen LogP contribution in [0.3, 0.4) is 0 Å². The number of benzene rings is 2. The number of nitrogens with zero attached hydrogens (tertiary/aromatic N) is 3. The molecule has 1 aliphatic heterocycles. The van der Waals surface area contributed by atoms with Gasteiger partial charge in [0.25, 0.3) is 5.69 Å². The maximum atomic E-state index is 13.4. The molecule has 0 radical (unpaired) electrons. The largest absolute Gasteiger partial charge is 0.494 e. The second-order valence-electron chi connectivity index (χ2n) is 6.47. The summed E-state index contributed by atoms with van der Waals surface area (Å²) >= 11 is 0. The molecule has 0 N–H and O–H groups in total. The molecule has 28 heavy (non-hydrogen) atoms. The molecule has 0 amide bonds. The third-order valence-electron chi connectivity index (χ3n) is 4.66. The molecule has 2 aromatic carbocycles. The highest BCUT2D eigenvalue weighted by atomic mass is 32.2. The molecule has 1 saturated heterocycles. The average Bonchev–Trinajstić information content (AvgIpc) is 2.67. The van der Waals surface area contributed by atoms with Crippen LogP contribution in [0, 0.1) is 15.9 Å². The predicted molar refractivity (Wildman–Crippen MR) is 104 cm³/mol. The SMILES string of the molecule is COc1cc(F)ccc1N1CCN(c2ccc([N+](=O)[O-])cc2S(C)(=O)=O)CC1. The Hall–Kier alpha value is -2.88. The van der Waals surface area contributed by atoms with Crippen LogP contribution in [0.4, 0.5) is 21.5 Å². The van der Waals surface area contributed by atoms with Gasteiger partial charge in [0.05, 0.1) is 28.3 Å². The summed E-state index contributed by atoms with van der Waals surface area (Å²) in [5, 5.41) is 11.0. The van der Waals surface area contributed by atoms with Crippen LogP contribution in [0.5, 0.6) is 5.75 Å². The Morgan fingerprint density at radius 3 is 2.14 bits per heavy atom. The van der Waals surface area contributed by atoms with Crippen molar-refractivity contribution in [2.24, 2.45) is 0 Å². The lowest BCUT2D eigenvalue weighted by Gasteiger charge is -2.38. The van der Waals surface area contributed by atoms with E-state index in [1.165, 1.54) is 31.4 Å². The minimum Gasteiger partial charge on any atom is -0.494 e. The lowest BCUT2D eigenvalue weighted by molar-refractivity contribution is -0.385. The van der Waals surface area contributed by atoms with E-state index in [4.69, 9.17) is 4.74 Å². The summed E-state index contributed by atoms with van der Waals surface area (Å²) in [4.78, 5) is 14.2. The van der Waals surface area contributed by atoms with Gasteiger partial charge in [0.15, 0.2) is 9.84 Å². The first kappa shape index (κ1) is 19.9. The van der Waals surface area contributed by atoms with Crippen LogP contribution in [0.25, 0.3) is 0 Å². The lowest BCUT2D eigenvalue weighted by Crippen LogP contribution is -2.47. The van der Waals surface area contributed by atoms with Crippen LogP contribution in [-0.4, -0.2) is 52.9 Å². The Balaban J connectivity index is 1.85. The third-order valence-corrected chi connectivity index (χ3v) is 5.78. The fourth-order valence-corrected chi connectivity index (χ4v) is 4.19. The third kappa shape index (κ3) is 4.01. The summed E-state index contributed by atoms with van der Waals surface area (Å²) in [5.74, 6) is 0.0449. The highest BCUT2D eigenvalue weighted by Crippen LogP contribution is 2.33. The average molecular weight is 409 g/mol. The number of methoxy groups -OCH3 is 1. The van der Waals surface area contributed by atoms with Crippen LogP contribution in [-0.2, 0) is 9.84 Å². The van der Waals surface area contributed by atoms with Crippen molar-refractivity contribution in [2.45, 2.75) is 4.90 Å². The number of sulfone groups is 1. The summed E-state index contributed by atoms with van der Waals surface area (Å²) in [6, 6.07) is 8.21. The highest BCUT2D eigenvalue weighted by Gasteiger charge is 2.26. The van der Waals surface area contributed by atoms with Gasteiger partial charge in [-0.15, -0.1) is 0 Å². The zero-order chi connectivity index (χ0) is 20.5. The quantitative estimate of drug-likeness (QED) is 0.553. The summed E-state index contributed by atoms with van der Waals surface area (Å²) in [7, 11) is -2.17. The monoisotopic (exact) mass is 409 g/mol. The number of anilines is 2. The molecule has 0 aromatic heterocycles. The Labute approximate surface area is 162 Å². The van der Waals surface area contributed by atoms with Crippen molar-refractivity contribution < 1.29 is 22.5 Å². The smallest absolute Gasteiger partial charge is 0.270 e. The van der Waals surface area contributed by atoms with E-state index in [0.29, 0.717) is 37.6 Å². The summed E-state index contributed by atoms with van der Waals surface area (Å²) in [5.41, 5.74) is 0.938. The summed E-state index contributed by atoms with van der Waals surface area (Å²) in [6.45, 7) is 2.12. The predicted octanol–water partition coefficient (Wildman–Crippen LogP) is 2.47. The second-order valence-corrected chi connectivity index (χ2v) is 8.46. The molecule has 150 valence electrons. The van der Waals surface area contributed by atoms with Gasteiger partial charge in [0.1, 0.15) is 11.6 Å². The number of nitro benzene ring substituents is 1. The van der Waals surface area contributed by atoms with Crippen molar-refractivity contribution in [1.29, 1.82) is 0 Å². The Kier molecular flexibility index (Phi) is 5.41. The number of hydrogen-bond donors (Lipinski definition) is 0. The van der Waals surface area contributed by atoms with Gasteiger partial charge in [-0.2, -0.15) is 0 Å². The van der Waals surface area contributed by atoms with E-state index in [1.807, 2.05) is 9.80 Å². The van der Waals surface area contributed by atoms with E-state index < -0.39 is 14.8 Å². The Morgan fingerprint density at radius 2 is 1.61 bits per heavy atom. The molecule has 1 heterocycles. The van der Waals surface area contributed by atoms with Gasteiger partial charge in [-0.25, -0.2) is 12.8 Å². The minimum absolute atomic E-state index is 0.0606. The Bertz CT molecular complexity index is 1000. The van der Waals surface area contributed by atoms with E-state index in [2.05, 4.69) is 0 Å². The van der Waals surface area contributed by atoms with Gasteiger partial charge < -0.3 is 14.5 Å². The van der Waals surface area contributed by atoms with Gasteiger partial charge in [-0.3, -0.25) is 10.1 Å². The molecule has 1 aliphatic rings. The number of ether oxygens (including phenoxy) is 1. The van der Waals surface area contributed by atoms with E-state index >= 15 is 0 Å². The highest BCUT2D eigenvalue weighted by molar-refractivity contribution is 7.90. The van der Waals surface area contributed by atoms with E-state index in [-0.39, 0.29) is 16.4 Å².